The highest BCUT2D eigenvalue weighted by Gasteiger charge is 2.37. The maximum atomic E-state index is 12.5. The normalized spacial score (nSPS) is 20.2. The monoisotopic (exact) mass is 421 g/mol. The molecule has 2 aliphatic heterocycles. The average Bonchev–Trinajstić information content (AvgIpc) is 2.66. The highest BCUT2D eigenvalue weighted by Crippen LogP contribution is 2.41. The topological polar surface area (TPSA) is 57.2 Å². The van der Waals surface area contributed by atoms with E-state index in [2.05, 4.69) is 33.9 Å². The quantitative estimate of drug-likeness (QED) is 0.471. The molecule has 0 bridgehead atoms. The lowest BCUT2D eigenvalue weighted by Gasteiger charge is -2.36. The summed E-state index contributed by atoms with van der Waals surface area (Å²) in [6, 6.07) is 5.69. The average molecular weight is 422 g/mol. The number of para-hydroxylation sites is 1. The second-order valence-electron chi connectivity index (χ2n) is 9.31. The summed E-state index contributed by atoms with van der Waals surface area (Å²) in [5, 5.41) is 0.182. The molecule has 0 spiro atoms. The first-order chi connectivity index (χ1) is 13.7. The third-order valence-electron chi connectivity index (χ3n) is 6.08. The van der Waals surface area contributed by atoms with Gasteiger partial charge < -0.3 is 23.5 Å². The van der Waals surface area contributed by atoms with Gasteiger partial charge in [-0.2, -0.15) is 0 Å². The van der Waals surface area contributed by atoms with Gasteiger partial charge in [-0.1, -0.05) is 26.8 Å². The molecule has 1 saturated heterocycles. The maximum Gasteiger partial charge on any atom is 0.265 e. The molecule has 1 unspecified atom stereocenters. The second kappa shape index (κ2) is 9.06. The Bertz CT molecular complexity index is 710. The Morgan fingerprint density at radius 3 is 2.72 bits per heavy atom. The second-order valence-corrected chi connectivity index (χ2v) is 14.1. The van der Waals surface area contributed by atoms with Crippen LogP contribution in [0.3, 0.4) is 0 Å². The van der Waals surface area contributed by atoms with Gasteiger partial charge >= 0.3 is 0 Å². The van der Waals surface area contributed by atoms with Crippen LogP contribution in [0.15, 0.2) is 18.2 Å². The third kappa shape index (κ3) is 5.32. The van der Waals surface area contributed by atoms with E-state index in [1.165, 1.54) is 0 Å². The van der Waals surface area contributed by atoms with Crippen LogP contribution in [0.1, 0.15) is 46.5 Å². The Morgan fingerprint density at radius 1 is 1.24 bits per heavy atom. The smallest absolute Gasteiger partial charge is 0.265 e. The zero-order chi connectivity index (χ0) is 21.1. The van der Waals surface area contributed by atoms with Gasteiger partial charge in [0.1, 0.15) is 0 Å². The zero-order valence-corrected chi connectivity index (χ0v) is 19.5. The van der Waals surface area contributed by atoms with Crippen molar-refractivity contribution in [2.24, 2.45) is 0 Å². The fourth-order valence-electron chi connectivity index (χ4n) is 3.26. The van der Waals surface area contributed by atoms with Crippen LogP contribution in [-0.4, -0.2) is 46.9 Å². The van der Waals surface area contributed by atoms with Crippen LogP contribution in [0, 0.1) is 0 Å². The summed E-state index contributed by atoms with van der Waals surface area (Å²) in [6.07, 6.45) is 3.58. The molecule has 0 aromatic heterocycles. The summed E-state index contributed by atoms with van der Waals surface area (Å²) < 4.78 is 23.7. The molecule has 7 heteroatoms. The number of carbonyl (C=O) groups excluding carboxylic acids is 1. The van der Waals surface area contributed by atoms with E-state index in [0.29, 0.717) is 24.7 Å². The first-order valence-electron chi connectivity index (χ1n) is 10.7. The largest absolute Gasteiger partial charge is 0.478 e. The Morgan fingerprint density at radius 2 is 2.03 bits per heavy atom. The van der Waals surface area contributed by atoms with Crippen LogP contribution in [0.4, 0.5) is 5.69 Å². The summed E-state index contributed by atoms with van der Waals surface area (Å²) in [5.74, 6) is 1.24. The number of nitrogens with zero attached hydrogens (tertiary/aromatic N) is 1. The molecule has 0 radical (unpaired) electrons. The summed E-state index contributed by atoms with van der Waals surface area (Å²) >= 11 is 0. The summed E-state index contributed by atoms with van der Waals surface area (Å²) in [6.45, 7) is 13.2. The first-order valence-corrected chi connectivity index (χ1v) is 13.6. The van der Waals surface area contributed by atoms with Gasteiger partial charge in [-0.15, -0.1) is 0 Å². The van der Waals surface area contributed by atoms with Gasteiger partial charge in [-0.3, -0.25) is 4.79 Å². The predicted octanol–water partition coefficient (Wildman–Crippen LogP) is 4.73. The molecule has 0 saturated carbocycles. The minimum atomic E-state index is -1.78. The summed E-state index contributed by atoms with van der Waals surface area (Å²) in [7, 11) is -1.78. The number of anilines is 1. The highest BCUT2D eigenvalue weighted by atomic mass is 28.4. The molecule has 2 aliphatic rings. The van der Waals surface area contributed by atoms with Gasteiger partial charge in [0.05, 0.1) is 12.3 Å². The summed E-state index contributed by atoms with van der Waals surface area (Å²) in [5.41, 5.74) is 0.766. The number of hydrogen-bond acceptors (Lipinski definition) is 5. The molecule has 6 nitrogen and oxygen atoms in total. The van der Waals surface area contributed by atoms with Gasteiger partial charge in [0, 0.05) is 19.6 Å². The number of fused-ring (bicyclic) bond motifs is 1. The van der Waals surface area contributed by atoms with Crippen LogP contribution in [0.2, 0.25) is 18.1 Å². The molecular weight excluding hydrogens is 386 g/mol. The number of ether oxygens (including phenoxy) is 3. The predicted molar refractivity (Wildman–Crippen MR) is 116 cm³/mol. The lowest BCUT2D eigenvalue weighted by atomic mass is 10.2. The van der Waals surface area contributed by atoms with Crippen molar-refractivity contribution in [2.75, 3.05) is 31.3 Å². The molecule has 2 heterocycles. The number of carbonyl (C=O) groups is 1. The standard InChI is InChI=1S/C22H35NO5Si/c1-22(2,3)29(4,5)27-15-9-13-23-17-10-8-11-18(21(17)26-16-19(23)24)28-20-12-6-7-14-25-20/h8,10-11,20H,6-7,9,12-16H2,1-5H3. The van der Waals surface area contributed by atoms with Crippen molar-refractivity contribution in [3.05, 3.63) is 18.2 Å². The molecule has 1 aromatic rings. The molecule has 1 aromatic carbocycles. The fraction of sp³-hybridized carbons (Fsp3) is 0.682. The lowest BCUT2D eigenvalue weighted by molar-refractivity contribution is -0.121. The van der Waals surface area contributed by atoms with Crippen LogP contribution >= 0.6 is 0 Å². The van der Waals surface area contributed by atoms with E-state index in [1.807, 2.05) is 18.2 Å². The first kappa shape index (κ1) is 22.1. The van der Waals surface area contributed by atoms with E-state index in [-0.39, 0.29) is 23.8 Å². The Labute approximate surface area is 175 Å². The fourth-order valence-corrected chi connectivity index (χ4v) is 4.35. The lowest BCUT2D eigenvalue weighted by Crippen LogP contribution is -2.42. The van der Waals surface area contributed by atoms with Crippen LogP contribution in [-0.2, 0) is 14.0 Å². The van der Waals surface area contributed by atoms with Crippen molar-refractivity contribution in [1.29, 1.82) is 0 Å². The van der Waals surface area contributed by atoms with Gasteiger partial charge in [0.2, 0.25) is 0 Å². The third-order valence-corrected chi connectivity index (χ3v) is 10.6. The molecule has 162 valence electrons. The van der Waals surface area contributed by atoms with Gasteiger partial charge in [-0.25, -0.2) is 0 Å². The number of rotatable bonds is 7. The highest BCUT2D eigenvalue weighted by molar-refractivity contribution is 6.74. The van der Waals surface area contributed by atoms with E-state index in [1.54, 1.807) is 4.90 Å². The van der Waals surface area contributed by atoms with Gasteiger partial charge in [0.25, 0.3) is 5.91 Å². The number of amides is 1. The molecular formula is C22H35NO5Si. The van der Waals surface area contributed by atoms with Crippen molar-refractivity contribution in [1.82, 2.24) is 0 Å². The van der Waals surface area contributed by atoms with Crippen molar-refractivity contribution in [3.63, 3.8) is 0 Å². The van der Waals surface area contributed by atoms with Crippen LogP contribution < -0.4 is 14.4 Å². The molecule has 1 atom stereocenters. The number of hydrogen-bond donors (Lipinski definition) is 0. The zero-order valence-electron chi connectivity index (χ0n) is 18.5. The molecule has 0 N–H and O–H groups in total. The van der Waals surface area contributed by atoms with E-state index in [0.717, 1.165) is 38.0 Å². The molecule has 29 heavy (non-hydrogen) atoms. The Hall–Kier alpha value is -1.57. The van der Waals surface area contributed by atoms with Crippen molar-refractivity contribution < 1.29 is 23.4 Å². The van der Waals surface area contributed by atoms with Crippen LogP contribution in [0.5, 0.6) is 11.5 Å². The van der Waals surface area contributed by atoms with Crippen LogP contribution in [0.25, 0.3) is 0 Å². The molecule has 1 fully saturated rings. The van der Waals surface area contributed by atoms with Gasteiger partial charge in [-0.05, 0) is 49.5 Å². The van der Waals surface area contributed by atoms with Crippen molar-refractivity contribution in [2.45, 2.75) is 70.9 Å². The molecule has 3 rings (SSSR count). The van der Waals surface area contributed by atoms with E-state index in [9.17, 15) is 4.79 Å². The van der Waals surface area contributed by atoms with E-state index in [4.69, 9.17) is 18.6 Å². The van der Waals surface area contributed by atoms with Crippen molar-refractivity contribution in [3.8, 4) is 11.5 Å². The molecule has 1 amide bonds. The maximum absolute atomic E-state index is 12.5. The minimum Gasteiger partial charge on any atom is -0.478 e. The number of benzene rings is 1. The SMILES string of the molecule is CC(C)(C)[Si](C)(C)OCCCN1C(=O)COc2c(OC3CCCCO3)cccc21. The van der Waals surface area contributed by atoms with Crippen molar-refractivity contribution >= 4 is 19.9 Å². The van der Waals surface area contributed by atoms with E-state index >= 15 is 0 Å². The minimum absolute atomic E-state index is 0.0298. The Kier molecular flexibility index (Phi) is 6.91. The summed E-state index contributed by atoms with van der Waals surface area (Å²) in [4.78, 5) is 14.3. The van der Waals surface area contributed by atoms with E-state index < -0.39 is 8.32 Å². The molecule has 0 aliphatic carbocycles. The van der Waals surface area contributed by atoms with Gasteiger partial charge in [0.15, 0.2) is 32.7 Å². The Balaban J connectivity index is 1.64.